The van der Waals surface area contributed by atoms with Gasteiger partial charge in [0, 0.05) is 11.8 Å². The fraction of sp³-hybridized carbons (Fsp3) is 0.875. The first-order valence-corrected chi connectivity index (χ1v) is 10.7. The minimum atomic E-state index is -1.86. The smallest absolute Gasteiger partial charge is 0.235 e. The SMILES string of the molecule is CCC(=O)N1C(=O)C(C)(C)C[C@H]1CO[Si](C)(C)C(C)(C)C. The fourth-order valence-corrected chi connectivity index (χ4v) is 3.44. The Morgan fingerprint density at radius 3 is 2.33 bits per heavy atom. The molecule has 0 aromatic rings. The number of carbonyl (C=O) groups excluding carboxylic acids is 2. The summed E-state index contributed by atoms with van der Waals surface area (Å²) in [6.45, 7) is 17.1. The normalized spacial score (nSPS) is 22.8. The van der Waals surface area contributed by atoms with Gasteiger partial charge in [0.25, 0.3) is 0 Å². The highest BCUT2D eigenvalue weighted by atomic mass is 28.4. The van der Waals surface area contributed by atoms with Gasteiger partial charge in [0.2, 0.25) is 11.8 Å². The molecular formula is C16H31NO3Si. The Labute approximate surface area is 130 Å². The van der Waals surface area contributed by atoms with Crippen LogP contribution in [0.25, 0.3) is 0 Å². The van der Waals surface area contributed by atoms with Crippen molar-refractivity contribution in [1.29, 1.82) is 0 Å². The van der Waals surface area contributed by atoms with Gasteiger partial charge in [-0.1, -0.05) is 41.5 Å². The largest absolute Gasteiger partial charge is 0.415 e. The molecule has 1 fully saturated rings. The van der Waals surface area contributed by atoms with E-state index in [0.29, 0.717) is 19.4 Å². The number of likely N-dealkylation sites (tertiary alicyclic amines) is 1. The van der Waals surface area contributed by atoms with Crippen molar-refractivity contribution in [3.05, 3.63) is 0 Å². The zero-order valence-corrected chi connectivity index (χ0v) is 15.9. The molecule has 0 N–H and O–H groups in total. The van der Waals surface area contributed by atoms with Crippen LogP contribution in [0.3, 0.4) is 0 Å². The second-order valence-electron chi connectivity index (χ2n) is 8.24. The molecule has 21 heavy (non-hydrogen) atoms. The summed E-state index contributed by atoms with van der Waals surface area (Å²) in [7, 11) is -1.86. The van der Waals surface area contributed by atoms with Crippen molar-refractivity contribution in [2.24, 2.45) is 5.41 Å². The minimum Gasteiger partial charge on any atom is -0.415 e. The summed E-state index contributed by atoms with van der Waals surface area (Å²) in [5.41, 5.74) is -0.466. The molecule has 1 rings (SSSR count). The van der Waals surface area contributed by atoms with Gasteiger partial charge in [-0.2, -0.15) is 0 Å². The molecule has 2 amide bonds. The lowest BCUT2D eigenvalue weighted by Gasteiger charge is -2.37. The zero-order valence-electron chi connectivity index (χ0n) is 14.9. The van der Waals surface area contributed by atoms with Gasteiger partial charge in [-0.3, -0.25) is 14.5 Å². The average Bonchev–Trinajstić information content (AvgIpc) is 2.56. The first-order chi connectivity index (χ1) is 9.33. The van der Waals surface area contributed by atoms with E-state index in [1.54, 1.807) is 6.92 Å². The Morgan fingerprint density at radius 2 is 1.90 bits per heavy atom. The quantitative estimate of drug-likeness (QED) is 0.745. The van der Waals surface area contributed by atoms with Crippen molar-refractivity contribution < 1.29 is 14.0 Å². The molecule has 1 saturated heterocycles. The van der Waals surface area contributed by atoms with E-state index in [1.165, 1.54) is 4.90 Å². The highest BCUT2D eigenvalue weighted by Gasteiger charge is 2.48. The Kier molecular flexibility index (Phi) is 5.11. The van der Waals surface area contributed by atoms with Gasteiger partial charge in [0.15, 0.2) is 8.32 Å². The number of amides is 2. The number of hydrogen-bond donors (Lipinski definition) is 0. The molecule has 0 unspecified atom stereocenters. The summed E-state index contributed by atoms with van der Waals surface area (Å²) in [6.07, 6.45) is 1.05. The maximum Gasteiger partial charge on any atom is 0.235 e. The highest BCUT2D eigenvalue weighted by molar-refractivity contribution is 6.74. The van der Waals surface area contributed by atoms with Gasteiger partial charge < -0.3 is 4.43 Å². The van der Waals surface area contributed by atoms with E-state index in [-0.39, 0.29) is 22.9 Å². The third kappa shape index (κ3) is 3.75. The molecule has 0 radical (unpaired) electrons. The third-order valence-electron chi connectivity index (χ3n) is 4.92. The maximum absolute atomic E-state index is 12.4. The van der Waals surface area contributed by atoms with Crippen LogP contribution in [-0.4, -0.2) is 37.7 Å². The Bertz CT molecular complexity index is 424. The Balaban J connectivity index is 2.87. The standard InChI is InChI=1S/C16H31NO3Si/c1-9-13(18)17-12(10-16(5,6)14(17)19)11-20-21(7,8)15(2,3)4/h12H,9-11H2,1-8H3/t12-/m0/s1. The van der Waals surface area contributed by atoms with Crippen molar-refractivity contribution in [2.45, 2.75) is 78.6 Å². The van der Waals surface area contributed by atoms with Gasteiger partial charge in [-0.15, -0.1) is 0 Å². The van der Waals surface area contributed by atoms with Crippen LogP contribution in [0.1, 0.15) is 54.4 Å². The average molecular weight is 314 g/mol. The monoisotopic (exact) mass is 313 g/mol. The van der Waals surface area contributed by atoms with Crippen LogP contribution >= 0.6 is 0 Å². The maximum atomic E-state index is 12.4. The van der Waals surface area contributed by atoms with Gasteiger partial charge >= 0.3 is 0 Å². The summed E-state index contributed by atoms with van der Waals surface area (Å²) in [5, 5.41) is 0.130. The molecule has 0 aromatic heterocycles. The predicted molar refractivity (Wildman–Crippen MR) is 87.5 cm³/mol. The molecule has 1 aliphatic heterocycles. The molecule has 0 saturated carbocycles. The summed E-state index contributed by atoms with van der Waals surface area (Å²) in [4.78, 5) is 26.0. The second kappa shape index (κ2) is 5.84. The number of rotatable bonds is 4. The molecule has 0 aromatic carbocycles. The molecule has 122 valence electrons. The van der Waals surface area contributed by atoms with Crippen molar-refractivity contribution in [3.8, 4) is 0 Å². The first-order valence-electron chi connectivity index (χ1n) is 7.84. The van der Waals surface area contributed by atoms with Crippen molar-refractivity contribution in [3.63, 3.8) is 0 Å². The minimum absolute atomic E-state index is 0.0572. The van der Waals surface area contributed by atoms with Crippen LogP contribution in [0.15, 0.2) is 0 Å². The lowest BCUT2D eigenvalue weighted by molar-refractivity contribution is -0.147. The molecule has 1 atom stereocenters. The van der Waals surface area contributed by atoms with Crippen LogP contribution in [-0.2, 0) is 14.0 Å². The van der Waals surface area contributed by atoms with Crippen LogP contribution < -0.4 is 0 Å². The van der Waals surface area contributed by atoms with Crippen LogP contribution in [0.5, 0.6) is 0 Å². The summed E-state index contributed by atoms with van der Waals surface area (Å²) >= 11 is 0. The van der Waals surface area contributed by atoms with E-state index in [2.05, 4.69) is 33.9 Å². The van der Waals surface area contributed by atoms with E-state index in [9.17, 15) is 9.59 Å². The molecule has 1 heterocycles. The second-order valence-corrected chi connectivity index (χ2v) is 13.0. The molecule has 5 heteroatoms. The van der Waals surface area contributed by atoms with E-state index in [1.807, 2.05) is 13.8 Å². The Hall–Kier alpha value is -0.683. The number of carbonyl (C=O) groups is 2. The van der Waals surface area contributed by atoms with Gasteiger partial charge in [-0.05, 0) is 24.6 Å². The van der Waals surface area contributed by atoms with Crippen LogP contribution in [0, 0.1) is 5.41 Å². The first kappa shape index (κ1) is 18.4. The lowest BCUT2D eigenvalue weighted by Crippen LogP contribution is -2.47. The highest BCUT2D eigenvalue weighted by Crippen LogP contribution is 2.39. The van der Waals surface area contributed by atoms with Gasteiger partial charge in [0.05, 0.1) is 12.6 Å². The summed E-state index contributed by atoms with van der Waals surface area (Å²) in [6, 6.07) is -0.117. The third-order valence-corrected chi connectivity index (χ3v) is 9.42. The van der Waals surface area contributed by atoms with Crippen molar-refractivity contribution in [2.75, 3.05) is 6.61 Å². The number of nitrogens with zero attached hydrogens (tertiary/aromatic N) is 1. The lowest BCUT2D eigenvalue weighted by atomic mass is 9.90. The predicted octanol–water partition coefficient (Wildman–Crippen LogP) is 3.57. The van der Waals surface area contributed by atoms with Crippen LogP contribution in [0.2, 0.25) is 18.1 Å². The number of hydrogen-bond acceptors (Lipinski definition) is 3. The van der Waals surface area contributed by atoms with E-state index in [0.717, 1.165) is 0 Å². The van der Waals surface area contributed by atoms with E-state index >= 15 is 0 Å². The zero-order chi connectivity index (χ0) is 16.6. The molecule has 0 bridgehead atoms. The fourth-order valence-electron chi connectivity index (χ4n) is 2.40. The topological polar surface area (TPSA) is 46.6 Å². The molecule has 4 nitrogen and oxygen atoms in total. The molecule has 0 aliphatic carbocycles. The van der Waals surface area contributed by atoms with Gasteiger partial charge in [0.1, 0.15) is 0 Å². The number of imide groups is 1. The molecule has 0 spiro atoms. The van der Waals surface area contributed by atoms with Crippen molar-refractivity contribution in [1.82, 2.24) is 4.90 Å². The summed E-state index contributed by atoms with van der Waals surface area (Å²) < 4.78 is 6.24. The summed E-state index contributed by atoms with van der Waals surface area (Å²) in [5.74, 6) is -0.146. The van der Waals surface area contributed by atoms with E-state index < -0.39 is 13.7 Å². The van der Waals surface area contributed by atoms with Crippen molar-refractivity contribution >= 4 is 20.1 Å². The van der Waals surface area contributed by atoms with Gasteiger partial charge in [-0.25, -0.2) is 0 Å². The Morgan fingerprint density at radius 1 is 1.38 bits per heavy atom. The van der Waals surface area contributed by atoms with E-state index in [4.69, 9.17) is 4.43 Å². The van der Waals surface area contributed by atoms with Crippen LogP contribution in [0.4, 0.5) is 0 Å². The molecule has 1 aliphatic rings. The molecular weight excluding hydrogens is 282 g/mol.